The SMILES string of the molecule is O=C(Oc1c(Br)c(O)c(C(=O)O)c(O)c1Br)c1ccccc1. The number of carbonyl (C=O) groups is 2. The van der Waals surface area contributed by atoms with Crippen LogP contribution in [0.3, 0.4) is 0 Å². The minimum absolute atomic E-state index is 0.168. The second-order valence-corrected chi connectivity index (χ2v) is 5.68. The number of benzene rings is 2. The maximum absolute atomic E-state index is 12.0. The molecule has 0 spiro atoms. The maximum atomic E-state index is 12.0. The van der Waals surface area contributed by atoms with Gasteiger partial charge < -0.3 is 20.1 Å². The van der Waals surface area contributed by atoms with E-state index in [1.807, 2.05) is 0 Å². The van der Waals surface area contributed by atoms with Crippen molar-refractivity contribution < 1.29 is 29.6 Å². The zero-order chi connectivity index (χ0) is 16.4. The summed E-state index contributed by atoms with van der Waals surface area (Å²) in [4.78, 5) is 23.0. The van der Waals surface area contributed by atoms with Crippen LogP contribution >= 0.6 is 31.9 Å². The normalized spacial score (nSPS) is 10.3. The van der Waals surface area contributed by atoms with Crippen molar-refractivity contribution >= 4 is 43.8 Å². The summed E-state index contributed by atoms with van der Waals surface area (Å²) in [6, 6.07) is 8.05. The molecular formula is C14H8Br2O6. The number of rotatable bonds is 3. The Morgan fingerprint density at radius 3 is 1.91 bits per heavy atom. The Morgan fingerprint density at radius 1 is 0.955 bits per heavy atom. The second-order valence-electron chi connectivity index (χ2n) is 4.09. The zero-order valence-corrected chi connectivity index (χ0v) is 13.9. The molecule has 3 N–H and O–H groups in total. The molecule has 0 unspecified atom stereocenters. The van der Waals surface area contributed by atoms with Crippen LogP contribution in [0.15, 0.2) is 39.3 Å². The van der Waals surface area contributed by atoms with E-state index in [-0.39, 0.29) is 20.3 Å². The summed E-state index contributed by atoms with van der Waals surface area (Å²) in [5.41, 5.74) is -0.458. The lowest BCUT2D eigenvalue weighted by molar-refractivity contribution is 0.0690. The minimum Gasteiger partial charge on any atom is -0.506 e. The van der Waals surface area contributed by atoms with Gasteiger partial charge in [0.25, 0.3) is 0 Å². The summed E-state index contributed by atoms with van der Waals surface area (Å²) >= 11 is 5.91. The molecule has 0 saturated carbocycles. The number of aromatic hydroxyl groups is 2. The van der Waals surface area contributed by atoms with Crippen LogP contribution in [0.1, 0.15) is 20.7 Å². The van der Waals surface area contributed by atoms with E-state index in [9.17, 15) is 19.8 Å². The number of hydrogen-bond acceptors (Lipinski definition) is 5. The van der Waals surface area contributed by atoms with Gasteiger partial charge in [0.05, 0.1) is 5.56 Å². The van der Waals surface area contributed by atoms with Gasteiger partial charge in [0.2, 0.25) is 0 Å². The third-order valence-electron chi connectivity index (χ3n) is 2.71. The molecule has 0 bridgehead atoms. The highest BCUT2D eigenvalue weighted by Crippen LogP contribution is 2.48. The first kappa shape index (κ1) is 16.3. The van der Waals surface area contributed by atoms with Gasteiger partial charge in [-0.2, -0.15) is 0 Å². The summed E-state index contributed by atoms with van der Waals surface area (Å²) in [5.74, 6) is -3.98. The van der Waals surface area contributed by atoms with Crippen molar-refractivity contribution in [3.05, 3.63) is 50.4 Å². The number of aromatic carboxylic acids is 1. The molecule has 0 aliphatic rings. The van der Waals surface area contributed by atoms with E-state index in [0.29, 0.717) is 0 Å². The highest BCUT2D eigenvalue weighted by molar-refractivity contribution is 9.11. The number of phenols is 2. The van der Waals surface area contributed by atoms with Crippen molar-refractivity contribution in [3.8, 4) is 17.2 Å². The molecule has 2 aromatic rings. The molecule has 0 aromatic heterocycles. The fourth-order valence-electron chi connectivity index (χ4n) is 1.66. The quantitative estimate of drug-likeness (QED) is 0.507. The Morgan fingerprint density at radius 2 is 1.45 bits per heavy atom. The fourth-order valence-corrected chi connectivity index (χ4v) is 2.88. The van der Waals surface area contributed by atoms with Crippen molar-refractivity contribution in [2.24, 2.45) is 0 Å². The van der Waals surface area contributed by atoms with Gasteiger partial charge in [-0.15, -0.1) is 0 Å². The Balaban J connectivity index is 2.49. The molecule has 6 nitrogen and oxygen atoms in total. The predicted molar refractivity (Wildman–Crippen MR) is 83.5 cm³/mol. The number of halogens is 2. The molecular weight excluding hydrogens is 424 g/mol. The topological polar surface area (TPSA) is 104 Å². The Kier molecular flexibility index (Phi) is 4.72. The first-order valence-corrected chi connectivity index (χ1v) is 7.36. The van der Waals surface area contributed by atoms with Crippen LogP contribution < -0.4 is 4.74 Å². The largest absolute Gasteiger partial charge is 0.506 e. The van der Waals surface area contributed by atoms with E-state index in [0.717, 1.165) is 0 Å². The van der Waals surface area contributed by atoms with E-state index in [1.54, 1.807) is 18.2 Å². The zero-order valence-electron chi connectivity index (χ0n) is 10.7. The van der Waals surface area contributed by atoms with Gasteiger partial charge >= 0.3 is 11.9 Å². The molecule has 0 aliphatic heterocycles. The Hall–Kier alpha value is -2.06. The molecule has 8 heteroatoms. The van der Waals surface area contributed by atoms with Gasteiger partial charge in [-0.05, 0) is 44.0 Å². The summed E-state index contributed by atoms with van der Waals surface area (Å²) in [6.45, 7) is 0. The van der Waals surface area contributed by atoms with Gasteiger partial charge in [-0.25, -0.2) is 9.59 Å². The van der Waals surface area contributed by atoms with E-state index >= 15 is 0 Å². The molecule has 0 aliphatic carbocycles. The second kappa shape index (κ2) is 6.37. The fraction of sp³-hybridized carbons (Fsp3) is 0. The molecule has 0 fully saturated rings. The average Bonchev–Trinajstić information content (AvgIpc) is 2.50. The van der Waals surface area contributed by atoms with Gasteiger partial charge in [0.1, 0.15) is 14.5 Å². The average molecular weight is 432 g/mol. The molecule has 0 saturated heterocycles. The van der Waals surface area contributed by atoms with Crippen molar-refractivity contribution in [2.45, 2.75) is 0 Å². The summed E-state index contributed by atoms with van der Waals surface area (Å²) in [7, 11) is 0. The van der Waals surface area contributed by atoms with Crippen LogP contribution in [0.4, 0.5) is 0 Å². The van der Waals surface area contributed by atoms with Crippen LogP contribution in [-0.4, -0.2) is 27.3 Å². The third kappa shape index (κ3) is 2.93. The van der Waals surface area contributed by atoms with Gasteiger partial charge in [-0.3, -0.25) is 0 Å². The summed E-state index contributed by atoms with van der Waals surface area (Å²) in [5, 5.41) is 28.7. The highest BCUT2D eigenvalue weighted by atomic mass is 79.9. The first-order chi connectivity index (χ1) is 10.3. The molecule has 0 heterocycles. The number of hydrogen-bond donors (Lipinski definition) is 3. The van der Waals surface area contributed by atoms with E-state index in [4.69, 9.17) is 9.84 Å². The number of carboxylic acids is 1. The number of carboxylic acid groups (broad SMARTS) is 1. The molecule has 22 heavy (non-hydrogen) atoms. The first-order valence-electron chi connectivity index (χ1n) is 5.78. The molecule has 2 rings (SSSR count). The number of ether oxygens (including phenoxy) is 1. The van der Waals surface area contributed by atoms with E-state index in [2.05, 4.69) is 31.9 Å². The van der Waals surface area contributed by atoms with Crippen LogP contribution in [0.2, 0.25) is 0 Å². The van der Waals surface area contributed by atoms with Gasteiger partial charge in [0.15, 0.2) is 17.2 Å². The van der Waals surface area contributed by atoms with E-state index < -0.39 is 29.0 Å². The van der Waals surface area contributed by atoms with Crippen molar-refractivity contribution in [1.82, 2.24) is 0 Å². The van der Waals surface area contributed by atoms with Crippen LogP contribution in [-0.2, 0) is 0 Å². The summed E-state index contributed by atoms with van der Waals surface area (Å²) < 4.78 is 4.78. The Bertz CT molecular complexity index is 729. The van der Waals surface area contributed by atoms with Crippen LogP contribution in [0.25, 0.3) is 0 Å². The van der Waals surface area contributed by atoms with Crippen molar-refractivity contribution in [2.75, 3.05) is 0 Å². The Labute approximate surface area is 141 Å². The molecule has 114 valence electrons. The molecule has 0 radical (unpaired) electrons. The highest BCUT2D eigenvalue weighted by Gasteiger charge is 2.27. The number of esters is 1. The lowest BCUT2D eigenvalue weighted by atomic mass is 10.1. The molecule has 0 atom stereocenters. The monoisotopic (exact) mass is 430 g/mol. The van der Waals surface area contributed by atoms with Gasteiger partial charge in [0, 0.05) is 0 Å². The van der Waals surface area contributed by atoms with E-state index in [1.165, 1.54) is 12.1 Å². The minimum atomic E-state index is -1.53. The number of carbonyl (C=O) groups excluding carboxylic acids is 1. The lowest BCUT2D eigenvalue weighted by Gasteiger charge is -2.13. The summed E-state index contributed by atoms with van der Waals surface area (Å²) in [6.07, 6.45) is 0. The maximum Gasteiger partial charge on any atom is 0.343 e. The molecule has 2 aromatic carbocycles. The predicted octanol–water partition coefficient (Wildman–Crippen LogP) is 3.54. The third-order valence-corrected chi connectivity index (χ3v) is 4.18. The lowest BCUT2D eigenvalue weighted by Crippen LogP contribution is -2.10. The van der Waals surface area contributed by atoms with Crippen LogP contribution in [0, 0.1) is 0 Å². The van der Waals surface area contributed by atoms with Crippen molar-refractivity contribution in [3.63, 3.8) is 0 Å². The smallest absolute Gasteiger partial charge is 0.343 e. The van der Waals surface area contributed by atoms with Crippen molar-refractivity contribution in [1.29, 1.82) is 0 Å². The molecule has 0 amide bonds. The standard InChI is InChI=1S/C14H8Br2O6/c15-8-10(17)7(13(19)20)11(18)9(16)12(8)22-14(21)6-4-2-1-3-5-6/h1-5,17-18H,(H,19,20). The van der Waals surface area contributed by atoms with Gasteiger partial charge in [-0.1, -0.05) is 18.2 Å². The van der Waals surface area contributed by atoms with Crippen LogP contribution in [0.5, 0.6) is 17.2 Å².